The Kier molecular flexibility index (Phi) is 9.47. The SMILES string of the molecule is COc1ccc(S(=O)(=O)N(C)C[C@H]2Oc3cc(C#CC4CCCC4)ccc3S(=O)(=O)N([C@H](C)CO)C[C@H]2C)cc1. The number of benzene rings is 2. The van der Waals surface area contributed by atoms with Crippen LogP contribution in [0.5, 0.6) is 11.5 Å². The number of aliphatic hydroxyl groups excluding tert-OH is 1. The second-order valence-corrected chi connectivity index (χ2v) is 14.5. The molecule has 2 aromatic rings. The van der Waals surface area contributed by atoms with E-state index < -0.39 is 38.1 Å². The highest BCUT2D eigenvalue weighted by Crippen LogP contribution is 2.35. The molecule has 3 atom stereocenters. The van der Waals surface area contributed by atoms with Crippen LogP contribution < -0.4 is 9.47 Å². The Morgan fingerprint density at radius 1 is 1.18 bits per heavy atom. The minimum Gasteiger partial charge on any atom is -0.497 e. The van der Waals surface area contributed by atoms with E-state index >= 15 is 0 Å². The van der Waals surface area contributed by atoms with Gasteiger partial charge in [0, 0.05) is 37.0 Å². The highest BCUT2D eigenvalue weighted by Gasteiger charge is 2.39. The van der Waals surface area contributed by atoms with E-state index in [0.717, 1.165) is 25.7 Å². The van der Waals surface area contributed by atoms with Gasteiger partial charge in [-0.1, -0.05) is 31.6 Å². The van der Waals surface area contributed by atoms with Crippen molar-refractivity contribution in [2.75, 3.05) is 33.9 Å². The maximum absolute atomic E-state index is 13.7. The Balaban J connectivity index is 1.70. The average molecular weight is 591 g/mol. The summed E-state index contributed by atoms with van der Waals surface area (Å²) < 4.78 is 68.1. The van der Waals surface area contributed by atoms with E-state index in [4.69, 9.17) is 9.47 Å². The minimum atomic E-state index is -4.01. The number of methoxy groups -OCH3 is 1. The van der Waals surface area contributed by atoms with Gasteiger partial charge in [0.1, 0.15) is 22.5 Å². The third kappa shape index (κ3) is 6.47. The topological polar surface area (TPSA) is 113 Å². The summed E-state index contributed by atoms with van der Waals surface area (Å²) in [6, 6.07) is 10.2. The lowest BCUT2D eigenvalue weighted by atomic mass is 10.0. The molecule has 11 heteroatoms. The van der Waals surface area contributed by atoms with Crippen molar-refractivity contribution in [3.63, 3.8) is 0 Å². The van der Waals surface area contributed by atoms with Gasteiger partial charge in [-0.2, -0.15) is 8.61 Å². The summed E-state index contributed by atoms with van der Waals surface area (Å²) in [6.07, 6.45) is 3.77. The number of nitrogens with zero attached hydrogens (tertiary/aromatic N) is 2. The van der Waals surface area contributed by atoms with Crippen molar-refractivity contribution in [2.45, 2.75) is 61.5 Å². The number of ether oxygens (including phenoxy) is 2. The predicted octanol–water partition coefficient (Wildman–Crippen LogP) is 3.33. The third-order valence-corrected chi connectivity index (χ3v) is 11.5. The molecule has 0 radical (unpaired) electrons. The van der Waals surface area contributed by atoms with Crippen molar-refractivity contribution in [1.29, 1.82) is 0 Å². The van der Waals surface area contributed by atoms with Crippen LogP contribution in [-0.4, -0.2) is 76.6 Å². The van der Waals surface area contributed by atoms with E-state index in [1.165, 1.54) is 41.0 Å². The first-order valence-electron chi connectivity index (χ1n) is 13.5. The quantitative estimate of drug-likeness (QED) is 0.492. The van der Waals surface area contributed by atoms with Gasteiger partial charge >= 0.3 is 0 Å². The maximum atomic E-state index is 13.7. The summed E-state index contributed by atoms with van der Waals surface area (Å²) in [5.41, 5.74) is 0.633. The summed E-state index contributed by atoms with van der Waals surface area (Å²) >= 11 is 0. The van der Waals surface area contributed by atoms with Crippen LogP contribution in [0.1, 0.15) is 45.1 Å². The summed E-state index contributed by atoms with van der Waals surface area (Å²) in [6.45, 7) is 3.13. The normalized spacial score (nSPS) is 22.4. The maximum Gasteiger partial charge on any atom is 0.247 e. The molecule has 4 rings (SSSR count). The van der Waals surface area contributed by atoms with E-state index in [-0.39, 0.29) is 35.2 Å². The molecule has 1 aliphatic heterocycles. The van der Waals surface area contributed by atoms with Crippen molar-refractivity contribution < 1.29 is 31.4 Å². The van der Waals surface area contributed by atoms with Gasteiger partial charge in [-0.3, -0.25) is 0 Å². The van der Waals surface area contributed by atoms with E-state index in [2.05, 4.69) is 11.8 Å². The lowest BCUT2D eigenvalue weighted by Crippen LogP contribution is -2.50. The fourth-order valence-electron chi connectivity index (χ4n) is 5.06. The molecule has 0 amide bonds. The lowest BCUT2D eigenvalue weighted by molar-refractivity contribution is 0.0904. The van der Waals surface area contributed by atoms with Crippen LogP contribution in [0.3, 0.4) is 0 Å². The zero-order valence-electron chi connectivity index (χ0n) is 23.4. The number of hydrogen-bond donors (Lipinski definition) is 1. The van der Waals surface area contributed by atoms with Crippen molar-refractivity contribution in [3.8, 4) is 23.3 Å². The number of rotatable bonds is 7. The van der Waals surface area contributed by atoms with Gasteiger partial charge in [0.15, 0.2) is 0 Å². The summed E-state index contributed by atoms with van der Waals surface area (Å²) in [5, 5.41) is 9.86. The number of likely N-dealkylation sites (N-methyl/N-ethyl adjacent to an activating group) is 1. The molecule has 2 aromatic carbocycles. The first-order valence-corrected chi connectivity index (χ1v) is 16.4. The fraction of sp³-hybridized carbons (Fsp3) is 0.517. The molecule has 1 N–H and O–H groups in total. The lowest BCUT2D eigenvalue weighted by Gasteiger charge is -2.37. The van der Waals surface area contributed by atoms with Gasteiger partial charge in [0.25, 0.3) is 0 Å². The van der Waals surface area contributed by atoms with Gasteiger partial charge in [-0.05, 0) is 62.2 Å². The van der Waals surface area contributed by atoms with E-state index in [1.54, 1.807) is 31.2 Å². The van der Waals surface area contributed by atoms with Crippen LogP contribution in [0.4, 0.5) is 0 Å². The van der Waals surface area contributed by atoms with Crippen LogP contribution in [0.15, 0.2) is 52.3 Å². The predicted molar refractivity (Wildman–Crippen MR) is 152 cm³/mol. The molecule has 2 aliphatic rings. The van der Waals surface area contributed by atoms with Crippen LogP contribution in [0.2, 0.25) is 0 Å². The van der Waals surface area contributed by atoms with Crippen LogP contribution in [0.25, 0.3) is 0 Å². The fourth-order valence-corrected chi connectivity index (χ4v) is 8.06. The molecule has 1 aliphatic carbocycles. The summed E-state index contributed by atoms with van der Waals surface area (Å²) in [4.78, 5) is 0.0778. The smallest absolute Gasteiger partial charge is 0.247 e. The number of aliphatic hydroxyl groups is 1. The Morgan fingerprint density at radius 3 is 2.48 bits per heavy atom. The number of sulfonamides is 2. The second-order valence-electron chi connectivity index (χ2n) is 10.6. The zero-order chi connectivity index (χ0) is 29.1. The van der Waals surface area contributed by atoms with E-state index in [1.807, 2.05) is 6.92 Å². The van der Waals surface area contributed by atoms with Gasteiger partial charge in [-0.15, -0.1) is 0 Å². The molecule has 0 saturated heterocycles. The van der Waals surface area contributed by atoms with Crippen LogP contribution in [-0.2, 0) is 20.0 Å². The third-order valence-electron chi connectivity index (χ3n) is 7.65. The highest BCUT2D eigenvalue weighted by atomic mass is 32.2. The Hall–Kier alpha value is -2.62. The molecule has 0 aromatic heterocycles. The minimum absolute atomic E-state index is 0.0195. The van der Waals surface area contributed by atoms with Crippen molar-refractivity contribution in [1.82, 2.24) is 8.61 Å². The molecule has 1 saturated carbocycles. The molecule has 0 bridgehead atoms. The molecular weight excluding hydrogens is 552 g/mol. The molecule has 40 heavy (non-hydrogen) atoms. The van der Waals surface area contributed by atoms with Crippen LogP contribution in [0, 0.1) is 23.7 Å². The second kappa shape index (κ2) is 12.5. The summed E-state index contributed by atoms with van der Waals surface area (Å²) in [7, 11) is -4.89. The van der Waals surface area contributed by atoms with Crippen molar-refractivity contribution in [2.24, 2.45) is 11.8 Å². The molecule has 0 spiro atoms. The Labute approximate surface area is 238 Å². The Bertz CT molecular complexity index is 1460. The van der Waals surface area contributed by atoms with Gasteiger partial charge in [0.05, 0.1) is 25.2 Å². The van der Waals surface area contributed by atoms with E-state index in [0.29, 0.717) is 17.2 Å². The van der Waals surface area contributed by atoms with Gasteiger partial charge in [-0.25, -0.2) is 16.8 Å². The standard InChI is InChI=1S/C29H38N2O7S2/c1-21-18-31(22(2)20-32)40(35,36)29-16-11-24(10-9-23-7-5-6-8-23)17-27(29)38-28(21)19-30(3)39(33,34)26-14-12-25(37-4)13-15-26/h11-17,21-23,28,32H,5-8,18-20H2,1-4H3/t21-,22-,28-/m1/s1. The molecule has 1 fully saturated rings. The average Bonchev–Trinajstić information content (AvgIpc) is 3.47. The highest BCUT2D eigenvalue weighted by molar-refractivity contribution is 7.89. The Morgan fingerprint density at radius 2 is 1.85 bits per heavy atom. The monoisotopic (exact) mass is 590 g/mol. The van der Waals surface area contributed by atoms with Crippen LogP contribution >= 0.6 is 0 Å². The van der Waals surface area contributed by atoms with Crippen molar-refractivity contribution in [3.05, 3.63) is 48.0 Å². The van der Waals surface area contributed by atoms with Crippen molar-refractivity contribution >= 4 is 20.0 Å². The zero-order valence-corrected chi connectivity index (χ0v) is 25.0. The summed E-state index contributed by atoms with van der Waals surface area (Å²) in [5.74, 6) is 7.06. The molecule has 1 heterocycles. The number of hydrogen-bond acceptors (Lipinski definition) is 7. The molecule has 9 nitrogen and oxygen atoms in total. The molecule has 218 valence electrons. The van der Waals surface area contributed by atoms with Gasteiger partial charge in [0.2, 0.25) is 20.0 Å². The van der Waals surface area contributed by atoms with E-state index in [9.17, 15) is 21.9 Å². The first kappa shape index (κ1) is 30.3. The largest absolute Gasteiger partial charge is 0.497 e. The molecular formula is C29H38N2O7S2. The first-order chi connectivity index (χ1) is 19.0. The van der Waals surface area contributed by atoms with Gasteiger partial charge < -0.3 is 14.6 Å². The molecule has 0 unspecified atom stereocenters. The number of fused-ring (bicyclic) bond motifs is 1.